The summed E-state index contributed by atoms with van der Waals surface area (Å²) >= 11 is 0. The molecule has 8 nitrogen and oxygen atoms in total. The summed E-state index contributed by atoms with van der Waals surface area (Å²) in [4.78, 5) is 22.7. The molecule has 0 aliphatic carbocycles. The van der Waals surface area contributed by atoms with Crippen molar-refractivity contribution < 1.29 is 19.1 Å². The van der Waals surface area contributed by atoms with Crippen LogP contribution in [0.1, 0.15) is 18.4 Å². The molecule has 0 saturated carbocycles. The summed E-state index contributed by atoms with van der Waals surface area (Å²) in [5.41, 5.74) is 5.53. The quantitative estimate of drug-likeness (QED) is 0.608. The summed E-state index contributed by atoms with van der Waals surface area (Å²) in [7, 11) is 3.09. The van der Waals surface area contributed by atoms with E-state index in [1.165, 1.54) is 13.3 Å². The van der Waals surface area contributed by atoms with Crippen molar-refractivity contribution in [1.29, 1.82) is 0 Å². The summed E-state index contributed by atoms with van der Waals surface area (Å²) < 4.78 is 10.3. The Morgan fingerprint density at radius 2 is 2.18 bits per heavy atom. The number of carbonyl (C=O) groups excluding carboxylic acids is 2. The Morgan fingerprint density at radius 3 is 2.82 bits per heavy atom. The van der Waals surface area contributed by atoms with Crippen LogP contribution in [0.4, 0.5) is 0 Å². The van der Waals surface area contributed by atoms with Gasteiger partial charge in [0.25, 0.3) is 5.91 Å². The molecule has 0 radical (unpaired) electrons. The Kier molecular flexibility index (Phi) is 5.07. The van der Waals surface area contributed by atoms with Gasteiger partial charge in [-0.15, -0.1) is 0 Å². The fourth-order valence-electron chi connectivity index (χ4n) is 1.79. The van der Waals surface area contributed by atoms with Crippen molar-refractivity contribution in [3.8, 4) is 11.5 Å². The molecule has 116 valence electrons. The first-order chi connectivity index (χ1) is 10.6. The first kappa shape index (κ1) is 15.5. The summed E-state index contributed by atoms with van der Waals surface area (Å²) in [5.74, 6) is 0.566. The van der Waals surface area contributed by atoms with E-state index in [0.717, 1.165) is 0 Å². The predicted molar refractivity (Wildman–Crippen MR) is 80.1 cm³/mol. The van der Waals surface area contributed by atoms with Gasteiger partial charge in [0.1, 0.15) is 17.2 Å². The Balaban J connectivity index is 2.00. The maximum atomic E-state index is 11.8. The molecule has 8 heteroatoms. The minimum Gasteiger partial charge on any atom is -0.497 e. The van der Waals surface area contributed by atoms with Crippen molar-refractivity contribution in [2.45, 2.75) is 12.8 Å². The normalized spacial score (nSPS) is 14.3. The lowest BCUT2D eigenvalue weighted by atomic mass is 10.2. The number of hydrogen-bond donors (Lipinski definition) is 2. The van der Waals surface area contributed by atoms with Crippen molar-refractivity contribution in [2.24, 2.45) is 10.2 Å². The molecule has 0 aromatic heterocycles. The molecular weight excluding hydrogens is 288 g/mol. The Bertz CT molecular complexity index is 640. The zero-order chi connectivity index (χ0) is 15.9. The number of nitrogens with one attached hydrogen (secondary N) is 2. The fourth-order valence-corrected chi connectivity index (χ4v) is 1.79. The number of hydrogen-bond acceptors (Lipinski definition) is 6. The molecule has 2 amide bonds. The lowest BCUT2D eigenvalue weighted by Gasteiger charge is -2.10. The van der Waals surface area contributed by atoms with Crippen molar-refractivity contribution in [3.05, 3.63) is 23.8 Å². The SMILES string of the molecule is COc1ccc(/C=N/NC(=O)C2=NNC(=O)CC2)c(OC)c1. The summed E-state index contributed by atoms with van der Waals surface area (Å²) in [5, 5.41) is 7.54. The second kappa shape index (κ2) is 7.21. The van der Waals surface area contributed by atoms with Gasteiger partial charge in [0.2, 0.25) is 5.91 Å². The predicted octanol–water partition coefficient (Wildman–Crippen LogP) is 0.420. The molecule has 2 N–H and O–H groups in total. The summed E-state index contributed by atoms with van der Waals surface area (Å²) in [6.45, 7) is 0. The number of hydrazone groups is 2. The zero-order valence-electron chi connectivity index (χ0n) is 12.3. The highest BCUT2D eigenvalue weighted by molar-refractivity contribution is 6.39. The number of carbonyl (C=O) groups is 2. The van der Waals surface area contributed by atoms with E-state index in [0.29, 0.717) is 23.5 Å². The summed E-state index contributed by atoms with van der Waals surface area (Å²) in [6.07, 6.45) is 1.99. The van der Waals surface area contributed by atoms with Crippen LogP contribution in [0.15, 0.2) is 28.4 Å². The molecule has 1 aromatic carbocycles. The molecule has 0 saturated heterocycles. The Morgan fingerprint density at radius 1 is 1.36 bits per heavy atom. The fraction of sp³-hybridized carbons (Fsp3) is 0.286. The highest BCUT2D eigenvalue weighted by Gasteiger charge is 2.17. The molecule has 1 aromatic rings. The maximum Gasteiger partial charge on any atom is 0.287 e. The number of nitrogens with zero attached hydrogens (tertiary/aromatic N) is 2. The molecule has 0 atom stereocenters. The zero-order valence-corrected chi connectivity index (χ0v) is 12.3. The van der Waals surface area contributed by atoms with E-state index >= 15 is 0 Å². The topological polar surface area (TPSA) is 101 Å². The third-order valence-corrected chi connectivity index (χ3v) is 2.98. The van der Waals surface area contributed by atoms with Gasteiger partial charge >= 0.3 is 0 Å². The van der Waals surface area contributed by atoms with Crippen LogP contribution in [0.25, 0.3) is 0 Å². The van der Waals surface area contributed by atoms with Gasteiger partial charge in [-0.25, -0.2) is 10.9 Å². The molecule has 0 spiro atoms. The van der Waals surface area contributed by atoms with E-state index in [1.807, 2.05) is 0 Å². The molecule has 0 unspecified atom stereocenters. The van der Waals surface area contributed by atoms with Gasteiger partial charge in [0.05, 0.1) is 20.4 Å². The van der Waals surface area contributed by atoms with Gasteiger partial charge < -0.3 is 9.47 Å². The Labute approximate surface area is 127 Å². The molecule has 1 aliphatic rings. The van der Waals surface area contributed by atoms with Crippen LogP contribution in [0.5, 0.6) is 11.5 Å². The number of ether oxygens (including phenoxy) is 2. The molecule has 1 aliphatic heterocycles. The van der Waals surface area contributed by atoms with Crippen LogP contribution >= 0.6 is 0 Å². The van der Waals surface area contributed by atoms with Crippen molar-refractivity contribution in [3.63, 3.8) is 0 Å². The molecule has 22 heavy (non-hydrogen) atoms. The largest absolute Gasteiger partial charge is 0.497 e. The average molecular weight is 304 g/mol. The molecule has 1 heterocycles. The van der Waals surface area contributed by atoms with Crippen LogP contribution in [0.2, 0.25) is 0 Å². The minimum absolute atomic E-state index is 0.206. The van der Waals surface area contributed by atoms with Gasteiger partial charge in [0.15, 0.2) is 0 Å². The number of methoxy groups -OCH3 is 2. The second-order valence-electron chi connectivity index (χ2n) is 4.40. The molecular formula is C14H16N4O4. The smallest absolute Gasteiger partial charge is 0.287 e. The van der Waals surface area contributed by atoms with Crippen LogP contribution in [-0.4, -0.2) is 38.0 Å². The maximum absolute atomic E-state index is 11.8. The van der Waals surface area contributed by atoms with E-state index in [-0.39, 0.29) is 18.0 Å². The lowest BCUT2D eigenvalue weighted by molar-refractivity contribution is -0.121. The van der Waals surface area contributed by atoms with Crippen molar-refractivity contribution in [1.82, 2.24) is 10.9 Å². The van der Waals surface area contributed by atoms with E-state index in [4.69, 9.17) is 9.47 Å². The monoisotopic (exact) mass is 304 g/mol. The molecule has 0 bridgehead atoms. The average Bonchev–Trinajstić information content (AvgIpc) is 2.55. The third kappa shape index (κ3) is 3.81. The highest BCUT2D eigenvalue weighted by Crippen LogP contribution is 2.22. The van der Waals surface area contributed by atoms with Crippen LogP contribution < -0.4 is 20.3 Å². The second-order valence-corrected chi connectivity index (χ2v) is 4.40. The molecule has 2 rings (SSSR count). The summed E-state index contributed by atoms with van der Waals surface area (Å²) in [6, 6.07) is 5.22. The standard InChI is InChI=1S/C14H16N4O4/c1-21-10-4-3-9(12(7-10)22-2)8-15-18-14(20)11-5-6-13(19)17-16-11/h3-4,7-8H,5-6H2,1-2H3,(H,17,19)(H,18,20)/b15-8+. The first-order valence-corrected chi connectivity index (χ1v) is 6.55. The Hall–Kier alpha value is -2.90. The number of benzene rings is 1. The van der Waals surface area contributed by atoms with Gasteiger partial charge in [-0.3, -0.25) is 9.59 Å². The highest BCUT2D eigenvalue weighted by atomic mass is 16.5. The van der Waals surface area contributed by atoms with Crippen molar-refractivity contribution >= 4 is 23.7 Å². The van der Waals surface area contributed by atoms with Crippen LogP contribution in [0.3, 0.4) is 0 Å². The molecule has 0 fully saturated rings. The van der Waals surface area contributed by atoms with Gasteiger partial charge in [-0.05, 0) is 12.1 Å². The number of rotatable bonds is 5. The van der Waals surface area contributed by atoms with Gasteiger partial charge in [0, 0.05) is 24.5 Å². The number of amides is 2. The van der Waals surface area contributed by atoms with Gasteiger partial charge in [-0.1, -0.05) is 0 Å². The lowest BCUT2D eigenvalue weighted by Crippen LogP contribution is -2.34. The first-order valence-electron chi connectivity index (χ1n) is 6.55. The van der Waals surface area contributed by atoms with E-state index in [1.54, 1.807) is 25.3 Å². The van der Waals surface area contributed by atoms with E-state index in [9.17, 15) is 9.59 Å². The van der Waals surface area contributed by atoms with Crippen LogP contribution in [-0.2, 0) is 9.59 Å². The van der Waals surface area contributed by atoms with Crippen LogP contribution in [0, 0.1) is 0 Å². The van der Waals surface area contributed by atoms with Gasteiger partial charge in [-0.2, -0.15) is 10.2 Å². The third-order valence-electron chi connectivity index (χ3n) is 2.98. The minimum atomic E-state index is -0.455. The van der Waals surface area contributed by atoms with E-state index < -0.39 is 5.91 Å². The van der Waals surface area contributed by atoms with Crippen molar-refractivity contribution in [2.75, 3.05) is 14.2 Å². The van der Waals surface area contributed by atoms with E-state index in [2.05, 4.69) is 21.1 Å².